The molecule has 15 heavy (non-hydrogen) atoms. The summed E-state index contributed by atoms with van der Waals surface area (Å²) in [5.74, 6) is 0. The Balaban J connectivity index is 3.11. The van der Waals surface area contributed by atoms with Crippen LogP contribution in [0.3, 0.4) is 0 Å². The first-order valence-corrected chi connectivity index (χ1v) is 5.94. The minimum absolute atomic E-state index is 0.558. The van der Waals surface area contributed by atoms with Crippen molar-refractivity contribution in [1.29, 1.82) is 0 Å². The average molecular weight is 205 g/mol. The lowest BCUT2D eigenvalue weighted by Crippen LogP contribution is -2.26. The Morgan fingerprint density at radius 2 is 1.80 bits per heavy atom. The van der Waals surface area contributed by atoms with Gasteiger partial charge in [0.25, 0.3) is 0 Å². The van der Waals surface area contributed by atoms with Gasteiger partial charge in [-0.3, -0.25) is 0 Å². The molecular formula is C14H23N. The van der Waals surface area contributed by atoms with E-state index in [1.54, 1.807) is 0 Å². The number of nitrogens with zero attached hydrogens (tertiary/aromatic N) is 1. The number of rotatable bonds is 4. The summed E-state index contributed by atoms with van der Waals surface area (Å²) in [6.45, 7) is 8.90. The number of hydrogen-bond acceptors (Lipinski definition) is 1. The SMILES string of the molecule is CCc1ccc(CC)c(N(C)C(C)C)c1. The summed E-state index contributed by atoms with van der Waals surface area (Å²) >= 11 is 0. The standard InChI is InChI=1S/C14H23N/c1-6-12-8-9-13(7-2)14(10-12)15(5)11(3)4/h8-11H,6-7H2,1-5H3. The molecule has 1 aromatic rings. The Hall–Kier alpha value is -0.980. The van der Waals surface area contributed by atoms with E-state index in [0.717, 1.165) is 12.8 Å². The first-order chi connectivity index (χ1) is 7.10. The number of aryl methyl sites for hydroxylation is 2. The van der Waals surface area contributed by atoms with Gasteiger partial charge in [-0.05, 0) is 43.9 Å². The molecule has 1 aromatic carbocycles. The zero-order valence-electron chi connectivity index (χ0n) is 10.7. The van der Waals surface area contributed by atoms with Crippen LogP contribution in [-0.4, -0.2) is 13.1 Å². The van der Waals surface area contributed by atoms with E-state index >= 15 is 0 Å². The molecule has 0 atom stereocenters. The highest BCUT2D eigenvalue weighted by Gasteiger charge is 2.09. The Labute approximate surface area is 94.1 Å². The van der Waals surface area contributed by atoms with E-state index in [4.69, 9.17) is 0 Å². The number of benzene rings is 1. The van der Waals surface area contributed by atoms with Crippen molar-refractivity contribution in [3.05, 3.63) is 29.3 Å². The first kappa shape index (κ1) is 12.1. The van der Waals surface area contributed by atoms with E-state index in [2.05, 4.69) is 57.8 Å². The summed E-state index contributed by atoms with van der Waals surface area (Å²) in [6.07, 6.45) is 2.22. The van der Waals surface area contributed by atoms with E-state index in [1.165, 1.54) is 16.8 Å². The van der Waals surface area contributed by atoms with Gasteiger partial charge in [0.1, 0.15) is 0 Å². The molecule has 1 nitrogen and oxygen atoms in total. The van der Waals surface area contributed by atoms with Crippen molar-refractivity contribution < 1.29 is 0 Å². The van der Waals surface area contributed by atoms with Crippen molar-refractivity contribution in [2.45, 2.75) is 46.6 Å². The predicted octanol–water partition coefficient (Wildman–Crippen LogP) is 3.66. The van der Waals surface area contributed by atoms with Gasteiger partial charge in [0.15, 0.2) is 0 Å². The fourth-order valence-electron chi connectivity index (χ4n) is 1.73. The van der Waals surface area contributed by atoms with E-state index in [-0.39, 0.29) is 0 Å². The average Bonchev–Trinajstić information content (AvgIpc) is 2.27. The van der Waals surface area contributed by atoms with Gasteiger partial charge in [-0.15, -0.1) is 0 Å². The molecule has 0 radical (unpaired) electrons. The number of anilines is 1. The fourth-order valence-corrected chi connectivity index (χ4v) is 1.73. The van der Waals surface area contributed by atoms with Gasteiger partial charge in [-0.2, -0.15) is 0 Å². The van der Waals surface area contributed by atoms with Crippen molar-refractivity contribution in [3.63, 3.8) is 0 Å². The van der Waals surface area contributed by atoms with Gasteiger partial charge < -0.3 is 4.90 Å². The molecule has 0 aromatic heterocycles. The smallest absolute Gasteiger partial charge is 0.0401 e. The molecule has 0 saturated carbocycles. The van der Waals surface area contributed by atoms with E-state index in [0.29, 0.717) is 6.04 Å². The Kier molecular flexibility index (Phi) is 4.19. The Morgan fingerprint density at radius 1 is 1.13 bits per heavy atom. The van der Waals surface area contributed by atoms with Crippen LogP contribution in [-0.2, 0) is 12.8 Å². The third kappa shape index (κ3) is 2.74. The molecule has 0 heterocycles. The van der Waals surface area contributed by atoms with Crippen LogP contribution >= 0.6 is 0 Å². The van der Waals surface area contributed by atoms with E-state index in [1.807, 2.05) is 0 Å². The molecular weight excluding hydrogens is 182 g/mol. The van der Waals surface area contributed by atoms with Crippen molar-refractivity contribution in [1.82, 2.24) is 0 Å². The largest absolute Gasteiger partial charge is 0.372 e. The van der Waals surface area contributed by atoms with Crippen LogP contribution in [0, 0.1) is 0 Å². The maximum absolute atomic E-state index is 2.36. The fraction of sp³-hybridized carbons (Fsp3) is 0.571. The van der Waals surface area contributed by atoms with Crippen LogP contribution in [0.25, 0.3) is 0 Å². The van der Waals surface area contributed by atoms with Crippen LogP contribution in [0.1, 0.15) is 38.8 Å². The second-order valence-corrected chi connectivity index (χ2v) is 4.37. The zero-order valence-corrected chi connectivity index (χ0v) is 10.7. The molecule has 0 unspecified atom stereocenters. The summed E-state index contributed by atoms with van der Waals surface area (Å²) < 4.78 is 0. The molecule has 0 aliphatic carbocycles. The summed E-state index contributed by atoms with van der Waals surface area (Å²) in [6, 6.07) is 7.41. The van der Waals surface area contributed by atoms with Crippen molar-refractivity contribution in [2.24, 2.45) is 0 Å². The highest BCUT2D eigenvalue weighted by Crippen LogP contribution is 2.23. The molecule has 1 heteroatoms. The van der Waals surface area contributed by atoms with E-state index < -0.39 is 0 Å². The zero-order chi connectivity index (χ0) is 11.4. The van der Waals surface area contributed by atoms with Gasteiger partial charge in [-0.25, -0.2) is 0 Å². The lowest BCUT2D eigenvalue weighted by molar-refractivity contribution is 0.749. The van der Waals surface area contributed by atoms with Gasteiger partial charge in [0.05, 0.1) is 0 Å². The molecule has 0 N–H and O–H groups in total. The number of hydrogen-bond donors (Lipinski definition) is 0. The van der Waals surface area contributed by atoms with Gasteiger partial charge in [0.2, 0.25) is 0 Å². The van der Waals surface area contributed by atoms with Gasteiger partial charge in [-0.1, -0.05) is 26.0 Å². The molecule has 0 fully saturated rings. The second-order valence-electron chi connectivity index (χ2n) is 4.37. The molecule has 84 valence electrons. The van der Waals surface area contributed by atoms with Crippen molar-refractivity contribution >= 4 is 5.69 Å². The maximum Gasteiger partial charge on any atom is 0.0401 e. The second kappa shape index (κ2) is 5.20. The molecule has 0 aliphatic heterocycles. The highest BCUT2D eigenvalue weighted by molar-refractivity contribution is 5.55. The summed E-state index contributed by atoms with van der Waals surface area (Å²) in [5.41, 5.74) is 4.27. The molecule has 0 saturated heterocycles. The lowest BCUT2D eigenvalue weighted by atomic mass is 10.0. The van der Waals surface area contributed by atoms with Crippen LogP contribution in [0.15, 0.2) is 18.2 Å². The normalized spacial score (nSPS) is 10.8. The van der Waals surface area contributed by atoms with Gasteiger partial charge in [0, 0.05) is 18.8 Å². The minimum atomic E-state index is 0.558. The molecule has 0 bridgehead atoms. The molecule has 0 spiro atoms. The molecule has 1 rings (SSSR count). The third-order valence-electron chi connectivity index (χ3n) is 3.09. The summed E-state index contributed by atoms with van der Waals surface area (Å²) in [5, 5.41) is 0. The first-order valence-electron chi connectivity index (χ1n) is 5.94. The Bertz CT molecular complexity index is 315. The highest BCUT2D eigenvalue weighted by atomic mass is 15.1. The Morgan fingerprint density at radius 3 is 2.27 bits per heavy atom. The van der Waals surface area contributed by atoms with Crippen LogP contribution in [0.2, 0.25) is 0 Å². The van der Waals surface area contributed by atoms with Crippen LogP contribution in [0.5, 0.6) is 0 Å². The minimum Gasteiger partial charge on any atom is -0.372 e. The molecule has 0 aliphatic rings. The molecule has 0 amide bonds. The van der Waals surface area contributed by atoms with Crippen LogP contribution < -0.4 is 4.90 Å². The summed E-state index contributed by atoms with van der Waals surface area (Å²) in [4.78, 5) is 2.36. The predicted molar refractivity (Wildman–Crippen MR) is 68.7 cm³/mol. The topological polar surface area (TPSA) is 3.24 Å². The summed E-state index contributed by atoms with van der Waals surface area (Å²) in [7, 11) is 2.18. The van der Waals surface area contributed by atoms with Crippen molar-refractivity contribution in [3.8, 4) is 0 Å². The van der Waals surface area contributed by atoms with Crippen molar-refractivity contribution in [2.75, 3.05) is 11.9 Å². The lowest BCUT2D eigenvalue weighted by Gasteiger charge is -2.26. The maximum atomic E-state index is 2.36. The monoisotopic (exact) mass is 205 g/mol. The van der Waals surface area contributed by atoms with Crippen LogP contribution in [0.4, 0.5) is 5.69 Å². The third-order valence-corrected chi connectivity index (χ3v) is 3.09. The quantitative estimate of drug-likeness (QED) is 0.725. The van der Waals surface area contributed by atoms with Gasteiger partial charge >= 0.3 is 0 Å². The van der Waals surface area contributed by atoms with E-state index in [9.17, 15) is 0 Å².